The molecule has 0 unspecified atom stereocenters. The lowest BCUT2D eigenvalue weighted by Gasteiger charge is -2.31. The summed E-state index contributed by atoms with van der Waals surface area (Å²) in [4.78, 5) is 10.9. The molecule has 1 aromatic heterocycles. The first-order chi connectivity index (χ1) is 9.51. The Hall–Kier alpha value is -1.21. The fourth-order valence-electron chi connectivity index (χ4n) is 2.72. The van der Waals surface area contributed by atoms with Crippen molar-refractivity contribution in [3.8, 4) is 0 Å². The van der Waals surface area contributed by atoms with Gasteiger partial charge in [0.2, 0.25) is 5.95 Å². The van der Waals surface area contributed by atoms with Crippen LogP contribution in [0, 0.1) is 5.92 Å². The first-order valence-electron chi connectivity index (χ1n) is 7.03. The SMILES string of the molecule is O=S(=O)(O)CC1CCN(c2ncc(C3CC3)cn2)CC1. The number of rotatable bonds is 4. The van der Waals surface area contributed by atoms with Crippen LogP contribution >= 0.6 is 0 Å². The smallest absolute Gasteiger partial charge is 0.265 e. The monoisotopic (exact) mass is 297 g/mol. The van der Waals surface area contributed by atoms with Crippen LogP contribution in [-0.2, 0) is 10.1 Å². The quantitative estimate of drug-likeness (QED) is 0.847. The van der Waals surface area contributed by atoms with E-state index in [2.05, 4.69) is 14.9 Å². The summed E-state index contributed by atoms with van der Waals surface area (Å²) in [6.07, 6.45) is 7.78. The van der Waals surface area contributed by atoms with Crippen LogP contribution in [0.15, 0.2) is 12.4 Å². The van der Waals surface area contributed by atoms with Crippen molar-refractivity contribution in [1.82, 2.24) is 9.97 Å². The van der Waals surface area contributed by atoms with Gasteiger partial charge in [0.25, 0.3) is 10.1 Å². The van der Waals surface area contributed by atoms with E-state index >= 15 is 0 Å². The van der Waals surface area contributed by atoms with E-state index in [-0.39, 0.29) is 11.7 Å². The van der Waals surface area contributed by atoms with Gasteiger partial charge in [0.15, 0.2) is 0 Å². The van der Waals surface area contributed by atoms with Gasteiger partial charge in [-0.1, -0.05) is 0 Å². The van der Waals surface area contributed by atoms with Gasteiger partial charge in [0.1, 0.15) is 0 Å². The molecule has 20 heavy (non-hydrogen) atoms. The van der Waals surface area contributed by atoms with Crippen LogP contribution in [-0.4, -0.2) is 41.8 Å². The standard InChI is InChI=1S/C13H19N3O3S/c17-20(18,19)9-10-3-5-16(6-4-10)13-14-7-12(8-15-13)11-1-2-11/h7-8,10-11H,1-6,9H2,(H,17,18,19). The van der Waals surface area contributed by atoms with Crippen molar-refractivity contribution in [2.24, 2.45) is 5.92 Å². The van der Waals surface area contributed by atoms with Crippen LogP contribution in [0.25, 0.3) is 0 Å². The van der Waals surface area contributed by atoms with Crippen molar-refractivity contribution >= 4 is 16.1 Å². The lowest BCUT2D eigenvalue weighted by Crippen LogP contribution is -2.36. The molecule has 1 saturated carbocycles. The fraction of sp³-hybridized carbons (Fsp3) is 0.692. The Morgan fingerprint density at radius 2 is 1.75 bits per heavy atom. The molecule has 0 radical (unpaired) electrons. The molecule has 1 aliphatic heterocycles. The van der Waals surface area contributed by atoms with E-state index in [0.717, 1.165) is 31.9 Å². The first kappa shape index (κ1) is 13.8. The minimum Gasteiger partial charge on any atom is -0.341 e. The van der Waals surface area contributed by atoms with E-state index in [4.69, 9.17) is 4.55 Å². The second kappa shape index (κ2) is 5.29. The topological polar surface area (TPSA) is 83.4 Å². The number of anilines is 1. The Morgan fingerprint density at radius 3 is 2.25 bits per heavy atom. The number of piperidine rings is 1. The normalized spacial score (nSPS) is 21.1. The van der Waals surface area contributed by atoms with Gasteiger partial charge >= 0.3 is 0 Å². The zero-order valence-electron chi connectivity index (χ0n) is 11.3. The van der Waals surface area contributed by atoms with Gasteiger partial charge < -0.3 is 4.90 Å². The summed E-state index contributed by atoms with van der Waals surface area (Å²) >= 11 is 0. The summed E-state index contributed by atoms with van der Waals surface area (Å²) in [5, 5.41) is 0. The Kier molecular flexibility index (Phi) is 3.64. The van der Waals surface area contributed by atoms with Crippen LogP contribution in [0.3, 0.4) is 0 Å². The highest BCUT2D eigenvalue weighted by Crippen LogP contribution is 2.39. The molecule has 1 aliphatic carbocycles. The van der Waals surface area contributed by atoms with Gasteiger partial charge in [0, 0.05) is 25.5 Å². The molecule has 6 nitrogen and oxygen atoms in total. The van der Waals surface area contributed by atoms with Crippen LogP contribution in [0.2, 0.25) is 0 Å². The summed E-state index contributed by atoms with van der Waals surface area (Å²) in [6.45, 7) is 1.48. The molecule has 110 valence electrons. The fourth-order valence-corrected chi connectivity index (χ4v) is 3.65. The van der Waals surface area contributed by atoms with E-state index < -0.39 is 10.1 Å². The van der Waals surface area contributed by atoms with E-state index in [1.54, 1.807) is 0 Å². The van der Waals surface area contributed by atoms with E-state index in [1.807, 2.05) is 12.4 Å². The highest BCUT2D eigenvalue weighted by molar-refractivity contribution is 7.85. The third kappa shape index (κ3) is 3.46. The molecule has 2 aliphatic rings. The average molecular weight is 297 g/mol. The number of hydrogen-bond donors (Lipinski definition) is 1. The summed E-state index contributed by atoms with van der Waals surface area (Å²) < 4.78 is 30.6. The van der Waals surface area contributed by atoms with Crippen LogP contribution in [0.5, 0.6) is 0 Å². The van der Waals surface area contributed by atoms with Gasteiger partial charge in [-0.15, -0.1) is 0 Å². The van der Waals surface area contributed by atoms with Crippen LogP contribution < -0.4 is 4.90 Å². The third-order valence-electron chi connectivity index (χ3n) is 4.05. The molecule has 0 spiro atoms. The summed E-state index contributed by atoms with van der Waals surface area (Å²) in [7, 11) is -3.86. The van der Waals surface area contributed by atoms with Crippen LogP contribution in [0.1, 0.15) is 37.2 Å². The van der Waals surface area contributed by atoms with Crippen LogP contribution in [0.4, 0.5) is 5.95 Å². The number of hydrogen-bond acceptors (Lipinski definition) is 5. The highest BCUT2D eigenvalue weighted by atomic mass is 32.2. The summed E-state index contributed by atoms with van der Waals surface area (Å²) in [5.74, 6) is 1.28. The van der Waals surface area contributed by atoms with E-state index in [1.165, 1.54) is 18.4 Å². The highest BCUT2D eigenvalue weighted by Gasteiger charge is 2.26. The molecule has 2 heterocycles. The van der Waals surface area contributed by atoms with Crippen molar-refractivity contribution in [3.63, 3.8) is 0 Å². The molecule has 0 aromatic carbocycles. The van der Waals surface area contributed by atoms with Gasteiger partial charge in [-0.25, -0.2) is 9.97 Å². The van der Waals surface area contributed by atoms with Crippen molar-refractivity contribution < 1.29 is 13.0 Å². The zero-order chi connectivity index (χ0) is 14.2. The summed E-state index contributed by atoms with van der Waals surface area (Å²) in [5.41, 5.74) is 1.22. The maximum absolute atomic E-state index is 10.9. The van der Waals surface area contributed by atoms with Gasteiger partial charge in [-0.3, -0.25) is 4.55 Å². The minimum atomic E-state index is -3.86. The molecule has 2 fully saturated rings. The van der Waals surface area contributed by atoms with E-state index in [9.17, 15) is 8.42 Å². The predicted octanol–water partition coefficient (Wildman–Crippen LogP) is 1.46. The molecule has 0 amide bonds. The largest absolute Gasteiger partial charge is 0.341 e. The maximum atomic E-state index is 10.9. The molecule has 1 N–H and O–H groups in total. The molecule has 0 atom stereocenters. The van der Waals surface area contributed by atoms with Crippen molar-refractivity contribution in [2.75, 3.05) is 23.7 Å². The zero-order valence-corrected chi connectivity index (χ0v) is 12.1. The molecule has 3 rings (SSSR count). The second-order valence-corrected chi connectivity index (χ2v) is 7.27. The Morgan fingerprint density at radius 1 is 1.15 bits per heavy atom. The molecule has 7 heteroatoms. The Bertz CT molecular complexity index is 561. The Balaban J connectivity index is 1.57. The predicted molar refractivity (Wildman–Crippen MR) is 75.4 cm³/mol. The summed E-state index contributed by atoms with van der Waals surface area (Å²) in [6, 6.07) is 0. The molecule has 0 bridgehead atoms. The lowest BCUT2D eigenvalue weighted by molar-refractivity contribution is 0.411. The molecule has 1 saturated heterocycles. The first-order valence-corrected chi connectivity index (χ1v) is 8.64. The molecular weight excluding hydrogens is 278 g/mol. The van der Waals surface area contributed by atoms with Gasteiger partial charge in [0.05, 0.1) is 5.75 Å². The average Bonchev–Trinajstić information content (AvgIpc) is 3.22. The van der Waals surface area contributed by atoms with Crippen molar-refractivity contribution in [1.29, 1.82) is 0 Å². The number of nitrogens with zero attached hydrogens (tertiary/aromatic N) is 3. The maximum Gasteiger partial charge on any atom is 0.265 e. The van der Waals surface area contributed by atoms with E-state index in [0.29, 0.717) is 5.92 Å². The third-order valence-corrected chi connectivity index (χ3v) is 4.94. The minimum absolute atomic E-state index is 0.0342. The van der Waals surface area contributed by atoms with Gasteiger partial charge in [-0.2, -0.15) is 8.42 Å². The van der Waals surface area contributed by atoms with Crippen molar-refractivity contribution in [3.05, 3.63) is 18.0 Å². The molecule has 1 aromatic rings. The van der Waals surface area contributed by atoms with Gasteiger partial charge in [-0.05, 0) is 43.1 Å². The Labute approximate surface area is 119 Å². The lowest BCUT2D eigenvalue weighted by atomic mass is 9.99. The molecular formula is C13H19N3O3S. The second-order valence-electron chi connectivity index (χ2n) is 5.77. The van der Waals surface area contributed by atoms with Crippen molar-refractivity contribution in [2.45, 2.75) is 31.6 Å². The number of aromatic nitrogens is 2.